The molecular weight excluding hydrogens is 324 g/mol. The fourth-order valence-electron chi connectivity index (χ4n) is 2.48. The number of nitrogens with zero attached hydrogens (tertiary/aromatic N) is 2. The van der Waals surface area contributed by atoms with Crippen molar-refractivity contribution in [3.8, 4) is 11.5 Å². The van der Waals surface area contributed by atoms with Crippen LogP contribution in [0, 0.1) is 12.8 Å². The molecule has 2 heterocycles. The average Bonchev–Trinajstić information content (AvgIpc) is 3.10. The van der Waals surface area contributed by atoms with E-state index in [1.807, 2.05) is 17.7 Å². The number of carbonyl (C=O) groups excluding carboxylic acids is 1. The van der Waals surface area contributed by atoms with Gasteiger partial charge in [-0.1, -0.05) is 13.8 Å². The number of aryl methyl sites for hydroxylation is 1. The van der Waals surface area contributed by atoms with E-state index in [0.717, 1.165) is 28.2 Å². The number of aromatic nitrogens is 2. The molecule has 0 radical (unpaired) electrons. The van der Waals surface area contributed by atoms with Crippen LogP contribution in [0.2, 0.25) is 0 Å². The van der Waals surface area contributed by atoms with Crippen LogP contribution >= 0.6 is 11.3 Å². The Kier molecular flexibility index (Phi) is 4.57. The van der Waals surface area contributed by atoms with E-state index in [0.29, 0.717) is 16.5 Å². The van der Waals surface area contributed by atoms with Gasteiger partial charge >= 0.3 is 5.97 Å². The van der Waals surface area contributed by atoms with Crippen LogP contribution in [0.4, 0.5) is 0 Å². The molecule has 0 saturated carbocycles. The lowest BCUT2D eigenvalue weighted by molar-refractivity contribution is 0.0740. The van der Waals surface area contributed by atoms with Crippen molar-refractivity contribution in [1.82, 2.24) is 9.78 Å². The first-order valence-electron chi connectivity index (χ1n) is 7.81. The molecule has 3 rings (SSSR count). The highest BCUT2D eigenvalue weighted by atomic mass is 32.1. The first-order valence-corrected chi connectivity index (χ1v) is 8.62. The summed E-state index contributed by atoms with van der Waals surface area (Å²) >= 11 is 1.42. The zero-order valence-corrected chi connectivity index (χ0v) is 15.0. The number of benzene rings is 1. The number of hydrogen-bond donors (Lipinski definition) is 0. The van der Waals surface area contributed by atoms with Crippen LogP contribution in [0.3, 0.4) is 0 Å². The number of carbonyl (C=O) groups is 1. The van der Waals surface area contributed by atoms with Gasteiger partial charge in [-0.2, -0.15) is 5.10 Å². The van der Waals surface area contributed by atoms with E-state index < -0.39 is 0 Å². The van der Waals surface area contributed by atoms with E-state index in [1.54, 1.807) is 31.4 Å². The van der Waals surface area contributed by atoms with Crippen molar-refractivity contribution in [2.75, 3.05) is 7.11 Å². The molecule has 0 fully saturated rings. The summed E-state index contributed by atoms with van der Waals surface area (Å²) in [5.74, 6) is 1.36. The number of ether oxygens (including phenoxy) is 2. The third-order valence-corrected chi connectivity index (χ3v) is 4.75. The van der Waals surface area contributed by atoms with Crippen LogP contribution in [-0.2, 0) is 6.54 Å². The van der Waals surface area contributed by atoms with Crippen LogP contribution in [0.1, 0.15) is 29.2 Å². The zero-order chi connectivity index (χ0) is 17.3. The van der Waals surface area contributed by atoms with Crippen LogP contribution < -0.4 is 9.47 Å². The van der Waals surface area contributed by atoms with Gasteiger partial charge in [0, 0.05) is 11.9 Å². The van der Waals surface area contributed by atoms with Crippen LogP contribution in [0.5, 0.6) is 11.5 Å². The molecule has 2 aromatic heterocycles. The molecule has 0 amide bonds. The highest BCUT2D eigenvalue weighted by molar-refractivity contribution is 7.20. The molecule has 0 aliphatic heterocycles. The first kappa shape index (κ1) is 16.5. The van der Waals surface area contributed by atoms with Gasteiger partial charge < -0.3 is 9.47 Å². The normalized spacial score (nSPS) is 11.2. The summed E-state index contributed by atoms with van der Waals surface area (Å²) in [6, 6.07) is 8.83. The minimum atomic E-state index is -0.350. The van der Waals surface area contributed by atoms with Gasteiger partial charge in [-0.3, -0.25) is 4.68 Å². The molecule has 1 aromatic carbocycles. The maximum absolute atomic E-state index is 12.4. The molecule has 5 nitrogen and oxygen atoms in total. The highest BCUT2D eigenvalue weighted by Gasteiger charge is 2.18. The average molecular weight is 344 g/mol. The zero-order valence-electron chi connectivity index (χ0n) is 14.2. The van der Waals surface area contributed by atoms with Gasteiger partial charge in [-0.05, 0) is 43.2 Å². The Bertz CT molecular complexity index is 862. The first-order chi connectivity index (χ1) is 11.5. The third kappa shape index (κ3) is 3.28. The second-order valence-electron chi connectivity index (χ2n) is 6.06. The monoisotopic (exact) mass is 344 g/mol. The smallest absolute Gasteiger partial charge is 0.353 e. The molecule has 0 atom stereocenters. The number of methoxy groups -OCH3 is 1. The Morgan fingerprint density at radius 3 is 2.54 bits per heavy atom. The van der Waals surface area contributed by atoms with Gasteiger partial charge in [0.05, 0.1) is 12.8 Å². The van der Waals surface area contributed by atoms with Gasteiger partial charge in [0.2, 0.25) is 0 Å². The Hall–Kier alpha value is -2.34. The lowest BCUT2D eigenvalue weighted by Crippen LogP contribution is -2.07. The molecular formula is C18H20N2O3S. The standard InChI is InChI=1S/C18H20N2O3S/c1-11(2)10-20-17-15(12(3)19-20)9-16(24-17)18(21)23-14-7-5-13(22-4)6-8-14/h5-9,11H,10H2,1-4H3. The van der Waals surface area contributed by atoms with Crippen LogP contribution in [-0.4, -0.2) is 22.9 Å². The predicted molar refractivity (Wildman–Crippen MR) is 95.1 cm³/mol. The SMILES string of the molecule is COc1ccc(OC(=O)c2cc3c(C)nn(CC(C)C)c3s2)cc1. The van der Waals surface area contributed by atoms with Crippen molar-refractivity contribution in [3.05, 3.63) is 40.9 Å². The summed E-state index contributed by atoms with van der Waals surface area (Å²) in [6.07, 6.45) is 0. The van der Waals surface area contributed by atoms with Gasteiger partial charge in [-0.25, -0.2) is 4.79 Å². The lowest BCUT2D eigenvalue weighted by atomic mass is 10.2. The van der Waals surface area contributed by atoms with Gasteiger partial charge in [0.25, 0.3) is 0 Å². The summed E-state index contributed by atoms with van der Waals surface area (Å²) in [6.45, 7) is 7.09. The second-order valence-corrected chi connectivity index (χ2v) is 7.09. The van der Waals surface area contributed by atoms with E-state index in [2.05, 4.69) is 18.9 Å². The van der Waals surface area contributed by atoms with E-state index in [-0.39, 0.29) is 5.97 Å². The quantitative estimate of drug-likeness (QED) is 0.512. The van der Waals surface area contributed by atoms with E-state index in [4.69, 9.17) is 9.47 Å². The molecule has 0 saturated heterocycles. The van der Waals surface area contributed by atoms with Gasteiger partial charge in [-0.15, -0.1) is 11.3 Å². The van der Waals surface area contributed by atoms with Crippen molar-refractivity contribution >= 4 is 27.5 Å². The Balaban J connectivity index is 1.84. The highest BCUT2D eigenvalue weighted by Crippen LogP contribution is 2.30. The summed E-state index contributed by atoms with van der Waals surface area (Å²) < 4.78 is 12.5. The summed E-state index contributed by atoms with van der Waals surface area (Å²) in [5, 5.41) is 5.57. The summed E-state index contributed by atoms with van der Waals surface area (Å²) in [4.78, 5) is 14.0. The van der Waals surface area contributed by atoms with Crippen molar-refractivity contribution in [1.29, 1.82) is 0 Å². The number of fused-ring (bicyclic) bond motifs is 1. The van der Waals surface area contributed by atoms with Crippen LogP contribution in [0.25, 0.3) is 10.2 Å². The number of esters is 1. The van der Waals surface area contributed by atoms with Crippen molar-refractivity contribution in [2.24, 2.45) is 5.92 Å². The minimum absolute atomic E-state index is 0.350. The van der Waals surface area contributed by atoms with E-state index in [9.17, 15) is 4.79 Å². The largest absolute Gasteiger partial charge is 0.497 e. The van der Waals surface area contributed by atoms with E-state index in [1.165, 1.54) is 11.3 Å². The Morgan fingerprint density at radius 2 is 1.92 bits per heavy atom. The molecule has 126 valence electrons. The molecule has 0 aliphatic carbocycles. The molecule has 0 N–H and O–H groups in total. The van der Waals surface area contributed by atoms with Crippen molar-refractivity contribution in [2.45, 2.75) is 27.3 Å². The lowest BCUT2D eigenvalue weighted by Gasteiger charge is -2.05. The Labute approximate surface area is 144 Å². The van der Waals surface area contributed by atoms with Crippen molar-refractivity contribution < 1.29 is 14.3 Å². The van der Waals surface area contributed by atoms with Gasteiger partial charge in [0.1, 0.15) is 21.2 Å². The molecule has 6 heteroatoms. The van der Waals surface area contributed by atoms with Crippen molar-refractivity contribution in [3.63, 3.8) is 0 Å². The molecule has 0 unspecified atom stereocenters. The third-order valence-electron chi connectivity index (χ3n) is 3.62. The number of rotatable bonds is 5. The second kappa shape index (κ2) is 6.65. The summed E-state index contributed by atoms with van der Waals surface area (Å²) in [7, 11) is 1.60. The van der Waals surface area contributed by atoms with Gasteiger partial charge in [0.15, 0.2) is 0 Å². The number of thiophene rings is 1. The molecule has 24 heavy (non-hydrogen) atoms. The molecule has 0 bridgehead atoms. The topological polar surface area (TPSA) is 53.4 Å². The van der Waals surface area contributed by atoms with Crippen LogP contribution in [0.15, 0.2) is 30.3 Å². The predicted octanol–water partition coefficient (Wildman–Crippen LogP) is 4.29. The molecule has 3 aromatic rings. The van der Waals surface area contributed by atoms with E-state index >= 15 is 0 Å². The molecule has 0 aliphatic rings. The minimum Gasteiger partial charge on any atom is -0.497 e. The summed E-state index contributed by atoms with van der Waals surface area (Å²) in [5.41, 5.74) is 0.936. The molecule has 0 spiro atoms. The fourth-order valence-corrected chi connectivity index (χ4v) is 3.53. The fraction of sp³-hybridized carbons (Fsp3) is 0.333. The Morgan fingerprint density at radius 1 is 1.25 bits per heavy atom. The number of hydrogen-bond acceptors (Lipinski definition) is 5. The maximum Gasteiger partial charge on any atom is 0.353 e. The maximum atomic E-state index is 12.4.